The number of carboxylic acid groups (broad SMARTS) is 1. The Bertz CT molecular complexity index is 1830. The van der Waals surface area contributed by atoms with E-state index in [1.54, 1.807) is 29.8 Å². The summed E-state index contributed by atoms with van der Waals surface area (Å²) in [5.74, 6) is -1.51. The summed E-state index contributed by atoms with van der Waals surface area (Å²) in [6.07, 6.45) is -0.0124. The Kier molecular flexibility index (Phi) is 8.42. The van der Waals surface area contributed by atoms with Crippen molar-refractivity contribution in [3.63, 3.8) is 0 Å². The number of imidazole rings is 2. The first-order valence-corrected chi connectivity index (χ1v) is 12.7. The van der Waals surface area contributed by atoms with E-state index in [9.17, 15) is 19.2 Å². The van der Waals surface area contributed by atoms with Crippen LogP contribution in [0.3, 0.4) is 0 Å². The SMILES string of the molecule is Cl.Cn1c(=O)[nH]c(=O)c2c1nc(Sc1nc3ccc(NC(=O)CC[C@H](N)C(=O)O)cc3[nH]1)n2Cc1ccccc1. The van der Waals surface area contributed by atoms with Crippen LogP contribution in [0.4, 0.5) is 5.69 Å². The molecule has 0 spiro atoms. The fraction of sp³-hybridized carbons (Fsp3) is 0.200. The van der Waals surface area contributed by atoms with E-state index in [0.29, 0.717) is 33.6 Å². The number of anilines is 1. The molecule has 0 unspecified atom stereocenters. The first kappa shape index (κ1) is 28.6. The number of hydrogen-bond acceptors (Lipinski definition) is 8. The predicted molar refractivity (Wildman–Crippen MR) is 152 cm³/mol. The minimum absolute atomic E-state index is 0. The predicted octanol–water partition coefficient (Wildman–Crippen LogP) is 2.05. The summed E-state index contributed by atoms with van der Waals surface area (Å²) < 4.78 is 3.04. The smallest absolute Gasteiger partial charge is 0.329 e. The largest absolute Gasteiger partial charge is 0.480 e. The topological polar surface area (TPSA) is 194 Å². The minimum atomic E-state index is -1.16. The molecule has 0 aliphatic rings. The number of carboxylic acids is 1. The van der Waals surface area contributed by atoms with Gasteiger partial charge in [-0.05, 0) is 41.9 Å². The first-order chi connectivity index (χ1) is 18.7. The number of hydrogen-bond donors (Lipinski definition) is 5. The van der Waals surface area contributed by atoms with Gasteiger partial charge >= 0.3 is 11.7 Å². The van der Waals surface area contributed by atoms with Gasteiger partial charge in [0.1, 0.15) is 6.04 Å². The number of rotatable bonds is 9. The summed E-state index contributed by atoms with van der Waals surface area (Å²) in [6.45, 7) is 0.350. The van der Waals surface area contributed by atoms with Crippen LogP contribution in [0, 0.1) is 0 Å². The van der Waals surface area contributed by atoms with Crippen LogP contribution < -0.4 is 22.3 Å². The van der Waals surface area contributed by atoms with Crippen LogP contribution in [0.25, 0.3) is 22.2 Å². The Labute approximate surface area is 236 Å². The number of fused-ring (bicyclic) bond motifs is 2. The fourth-order valence-electron chi connectivity index (χ4n) is 4.04. The highest BCUT2D eigenvalue weighted by molar-refractivity contribution is 7.99. The molecule has 40 heavy (non-hydrogen) atoms. The second-order valence-corrected chi connectivity index (χ2v) is 9.82. The van der Waals surface area contributed by atoms with Crippen molar-refractivity contribution in [3.8, 4) is 0 Å². The minimum Gasteiger partial charge on any atom is -0.480 e. The number of aromatic amines is 2. The molecular weight excluding hydrogens is 560 g/mol. The van der Waals surface area contributed by atoms with Crippen molar-refractivity contribution in [2.24, 2.45) is 12.8 Å². The van der Waals surface area contributed by atoms with Gasteiger partial charge in [0.05, 0.1) is 17.6 Å². The normalized spacial score (nSPS) is 11.8. The number of nitrogens with two attached hydrogens (primary N) is 1. The number of benzene rings is 2. The number of aromatic nitrogens is 6. The summed E-state index contributed by atoms with van der Waals surface area (Å²) >= 11 is 1.20. The first-order valence-electron chi connectivity index (χ1n) is 11.9. The zero-order valence-electron chi connectivity index (χ0n) is 21.1. The van der Waals surface area contributed by atoms with Crippen molar-refractivity contribution in [2.75, 3.05) is 5.32 Å². The van der Waals surface area contributed by atoms with Crippen LogP contribution in [0.1, 0.15) is 18.4 Å². The van der Waals surface area contributed by atoms with E-state index in [1.807, 2.05) is 30.3 Å². The number of carbonyl (C=O) groups excluding carboxylic acids is 1. The van der Waals surface area contributed by atoms with Gasteiger partial charge < -0.3 is 25.7 Å². The fourth-order valence-corrected chi connectivity index (χ4v) is 4.91. The van der Waals surface area contributed by atoms with Crippen LogP contribution in [0.2, 0.25) is 0 Å². The molecule has 0 aliphatic carbocycles. The van der Waals surface area contributed by atoms with Crippen LogP contribution in [-0.2, 0) is 23.2 Å². The van der Waals surface area contributed by atoms with Gasteiger partial charge in [-0.3, -0.25) is 23.9 Å². The average molecular weight is 585 g/mol. The second kappa shape index (κ2) is 11.8. The standard InChI is InChI=1S/C25H24N8O5S.ClH/c1-32-20-19(21(35)31-24(32)38)33(12-13-5-3-2-4-6-13)25(30-20)39-23-28-16-9-7-14(11-17(16)29-23)27-18(34)10-8-15(26)22(36)37;/h2-7,9,11,15H,8,10,12,26H2,1H3,(H,27,34)(H,28,29)(H,36,37)(H,31,35,38);1H/t15-;/m0./s1. The monoisotopic (exact) mass is 584 g/mol. The third-order valence-corrected chi connectivity index (χ3v) is 6.97. The molecule has 3 aromatic heterocycles. The summed E-state index contributed by atoms with van der Waals surface area (Å²) in [6, 6.07) is 13.6. The maximum Gasteiger partial charge on any atom is 0.329 e. The highest BCUT2D eigenvalue weighted by atomic mass is 35.5. The number of aryl methyl sites for hydroxylation is 1. The molecule has 0 bridgehead atoms. The Morgan fingerprint density at radius 1 is 1.12 bits per heavy atom. The van der Waals surface area contributed by atoms with Crippen molar-refractivity contribution < 1.29 is 14.7 Å². The van der Waals surface area contributed by atoms with E-state index in [2.05, 4.69) is 25.3 Å². The maximum absolute atomic E-state index is 12.8. The molecule has 13 nitrogen and oxygen atoms in total. The summed E-state index contributed by atoms with van der Waals surface area (Å²) in [4.78, 5) is 62.8. The van der Waals surface area contributed by atoms with Gasteiger partial charge in [0, 0.05) is 19.2 Å². The molecule has 0 fully saturated rings. The molecule has 1 amide bonds. The lowest BCUT2D eigenvalue weighted by atomic mass is 10.1. The van der Waals surface area contributed by atoms with E-state index in [-0.39, 0.29) is 42.3 Å². The van der Waals surface area contributed by atoms with Crippen LogP contribution in [-0.4, -0.2) is 52.1 Å². The van der Waals surface area contributed by atoms with Gasteiger partial charge in [-0.1, -0.05) is 30.3 Å². The van der Waals surface area contributed by atoms with E-state index in [4.69, 9.17) is 10.8 Å². The number of carbonyl (C=O) groups is 2. The highest BCUT2D eigenvalue weighted by Crippen LogP contribution is 2.30. The zero-order chi connectivity index (χ0) is 27.7. The van der Waals surface area contributed by atoms with Crippen molar-refractivity contribution >= 4 is 63.9 Å². The molecule has 1 atom stereocenters. The molecule has 3 heterocycles. The third kappa shape index (κ3) is 5.93. The Morgan fingerprint density at radius 3 is 2.60 bits per heavy atom. The summed E-state index contributed by atoms with van der Waals surface area (Å²) in [5.41, 5.74) is 7.64. The van der Waals surface area contributed by atoms with Crippen molar-refractivity contribution in [3.05, 3.63) is 74.9 Å². The number of amides is 1. The van der Waals surface area contributed by atoms with Gasteiger partial charge in [-0.15, -0.1) is 12.4 Å². The lowest BCUT2D eigenvalue weighted by Gasteiger charge is -2.08. The molecule has 0 aliphatic heterocycles. The quantitative estimate of drug-likeness (QED) is 0.172. The number of H-pyrrole nitrogens is 2. The van der Waals surface area contributed by atoms with E-state index in [1.165, 1.54) is 16.3 Å². The number of aliphatic carboxylic acids is 1. The molecule has 6 N–H and O–H groups in total. The van der Waals surface area contributed by atoms with Gasteiger partial charge in [-0.25, -0.2) is 14.8 Å². The van der Waals surface area contributed by atoms with Gasteiger partial charge in [0.25, 0.3) is 5.56 Å². The molecule has 208 valence electrons. The zero-order valence-corrected chi connectivity index (χ0v) is 22.7. The number of nitrogens with zero attached hydrogens (tertiary/aromatic N) is 4. The average Bonchev–Trinajstić information content (AvgIpc) is 3.47. The maximum atomic E-state index is 12.8. The lowest BCUT2D eigenvalue weighted by Crippen LogP contribution is -2.31. The van der Waals surface area contributed by atoms with Crippen molar-refractivity contribution in [1.29, 1.82) is 0 Å². The van der Waals surface area contributed by atoms with Gasteiger partial charge in [0.15, 0.2) is 21.5 Å². The van der Waals surface area contributed by atoms with Gasteiger partial charge in [0.2, 0.25) is 5.91 Å². The molecule has 15 heteroatoms. The van der Waals surface area contributed by atoms with Crippen molar-refractivity contribution in [1.82, 2.24) is 29.1 Å². The molecule has 2 aromatic carbocycles. The van der Waals surface area contributed by atoms with E-state index < -0.39 is 23.3 Å². The van der Waals surface area contributed by atoms with Crippen LogP contribution >= 0.6 is 24.2 Å². The number of nitrogens with one attached hydrogen (secondary N) is 3. The lowest BCUT2D eigenvalue weighted by molar-refractivity contribution is -0.138. The molecule has 5 aromatic rings. The second-order valence-electron chi connectivity index (χ2n) is 8.86. The summed E-state index contributed by atoms with van der Waals surface area (Å²) in [5, 5.41) is 12.6. The molecule has 0 radical (unpaired) electrons. The Balaban J connectivity index is 0.00000370. The van der Waals surface area contributed by atoms with Crippen LogP contribution in [0.15, 0.2) is 68.4 Å². The van der Waals surface area contributed by atoms with E-state index >= 15 is 0 Å². The Hall–Kier alpha value is -4.40. The summed E-state index contributed by atoms with van der Waals surface area (Å²) in [7, 11) is 1.54. The number of halogens is 1. The molecular formula is C25H25ClN8O5S. The van der Waals surface area contributed by atoms with E-state index in [0.717, 1.165) is 5.56 Å². The molecule has 0 saturated heterocycles. The van der Waals surface area contributed by atoms with Gasteiger partial charge in [-0.2, -0.15) is 0 Å². The third-order valence-electron chi connectivity index (χ3n) is 6.09. The molecule has 5 rings (SSSR count). The van der Waals surface area contributed by atoms with Crippen LogP contribution in [0.5, 0.6) is 0 Å². The molecule has 0 saturated carbocycles. The Morgan fingerprint density at radius 2 is 1.88 bits per heavy atom. The van der Waals surface area contributed by atoms with Crippen molar-refractivity contribution in [2.45, 2.75) is 35.7 Å². The highest BCUT2D eigenvalue weighted by Gasteiger charge is 2.20.